The number of hydrogen-bond donors (Lipinski definition) is 2. The Morgan fingerprint density at radius 2 is 0.973 bits per heavy atom. The van der Waals surface area contributed by atoms with Gasteiger partial charge in [0.1, 0.15) is 0 Å². The molecule has 0 aliphatic rings. The van der Waals surface area contributed by atoms with Crippen molar-refractivity contribution < 1.29 is 10.0 Å². The molecule has 0 saturated heterocycles. The van der Waals surface area contributed by atoms with E-state index in [1.54, 1.807) is 36.3 Å². The van der Waals surface area contributed by atoms with E-state index in [2.05, 4.69) is 63.4 Å². The summed E-state index contributed by atoms with van der Waals surface area (Å²) < 4.78 is 0. The van der Waals surface area contributed by atoms with Gasteiger partial charge in [0, 0.05) is 47.9 Å². The van der Waals surface area contributed by atoms with Crippen LogP contribution in [0.4, 0.5) is 17.1 Å². The van der Waals surface area contributed by atoms with E-state index >= 15 is 0 Å². The summed E-state index contributed by atoms with van der Waals surface area (Å²) in [5, 5.41) is 8.70. The monoisotopic (exact) mass is 484 g/mol. The fourth-order valence-electron chi connectivity index (χ4n) is 4.09. The first-order valence-electron chi connectivity index (χ1n) is 11.7. The molecule has 6 nitrogen and oxygen atoms in total. The minimum atomic E-state index is -0.575. The molecule has 6 heteroatoms. The number of hydrogen-bond acceptors (Lipinski definition) is 5. The fourth-order valence-corrected chi connectivity index (χ4v) is 4.09. The topological polar surface area (TPSA) is 78.4 Å². The molecular weight excluding hydrogens is 460 g/mol. The van der Waals surface area contributed by atoms with Crippen molar-refractivity contribution in [1.29, 1.82) is 0 Å². The van der Waals surface area contributed by atoms with Crippen LogP contribution in [0.1, 0.15) is 5.56 Å². The van der Waals surface area contributed by atoms with Gasteiger partial charge in [-0.15, -0.1) is 0 Å². The van der Waals surface area contributed by atoms with Crippen LogP contribution in [0, 0.1) is 0 Å². The molecule has 0 bridgehead atoms. The Balaban J connectivity index is 1.50. The van der Waals surface area contributed by atoms with Crippen molar-refractivity contribution in [1.82, 2.24) is 15.4 Å². The maximum atomic E-state index is 11.3. The molecule has 37 heavy (non-hydrogen) atoms. The molecule has 0 aliphatic heterocycles. The van der Waals surface area contributed by atoms with Crippen LogP contribution < -0.4 is 10.4 Å². The Hall–Kier alpha value is -5.07. The number of nitrogens with zero attached hydrogens (tertiary/aromatic N) is 3. The molecule has 0 saturated carbocycles. The lowest BCUT2D eigenvalue weighted by molar-refractivity contribution is -0.124. The summed E-state index contributed by atoms with van der Waals surface area (Å²) in [6, 6.07) is 32.7. The number of carbonyl (C=O) groups is 1. The molecule has 0 atom stereocenters. The Morgan fingerprint density at radius 3 is 1.38 bits per heavy atom. The van der Waals surface area contributed by atoms with Crippen LogP contribution in [0.15, 0.2) is 128 Å². The summed E-state index contributed by atoms with van der Waals surface area (Å²) in [6.07, 6.45) is 10.1. The van der Waals surface area contributed by atoms with Crippen molar-refractivity contribution in [2.45, 2.75) is 0 Å². The fraction of sp³-hybridized carbons (Fsp3) is 0. The van der Waals surface area contributed by atoms with Gasteiger partial charge in [-0.3, -0.25) is 20.0 Å². The Labute approximate surface area is 215 Å². The van der Waals surface area contributed by atoms with Crippen LogP contribution in [0.25, 0.3) is 28.3 Å². The van der Waals surface area contributed by atoms with Gasteiger partial charge in [-0.05, 0) is 94.6 Å². The van der Waals surface area contributed by atoms with Crippen LogP contribution in [-0.2, 0) is 4.79 Å². The van der Waals surface area contributed by atoms with E-state index < -0.39 is 5.91 Å². The summed E-state index contributed by atoms with van der Waals surface area (Å²) in [4.78, 5) is 21.7. The molecule has 2 aromatic heterocycles. The summed E-state index contributed by atoms with van der Waals surface area (Å²) in [7, 11) is 0. The maximum Gasteiger partial charge on any atom is 0.267 e. The number of carbonyl (C=O) groups excluding carboxylic acids is 1. The third-order valence-corrected chi connectivity index (χ3v) is 5.97. The van der Waals surface area contributed by atoms with Crippen molar-refractivity contribution in [3.05, 3.63) is 133 Å². The second kappa shape index (κ2) is 11.1. The lowest BCUT2D eigenvalue weighted by Crippen LogP contribution is -2.14. The van der Waals surface area contributed by atoms with Gasteiger partial charge in [-0.1, -0.05) is 36.4 Å². The average molecular weight is 485 g/mol. The molecule has 5 aromatic rings. The van der Waals surface area contributed by atoms with Gasteiger partial charge in [0.15, 0.2) is 0 Å². The van der Waals surface area contributed by atoms with Crippen molar-refractivity contribution >= 4 is 29.0 Å². The van der Waals surface area contributed by atoms with Gasteiger partial charge in [0.05, 0.1) is 0 Å². The molecule has 3 aromatic carbocycles. The zero-order valence-electron chi connectivity index (χ0n) is 19.9. The number of benzene rings is 3. The van der Waals surface area contributed by atoms with Crippen LogP contribution in [0.2, 0.25) is 0 Å². The van der Waals surface area contributed by atoms with Crippen molar-refractivity contribution in [3.63, 3.8) is 0 Å². The third kappa shape index (κ3) is 5.61. The summed E-state index contributed by atoms with van der Waals surface area (Å²) in [6.45, 7) is 0. The number of amides is 1. The zero-order valence-corrected chi connectivity index (χ0v) is 19.9. The lowest BCUT2D eigenvalue weighted by atomic mass is 10.0. The summed E-state index contributed by atoms with van der Waals surface area (Å²) in [5.41, 5.74) is 9.88. The number of hydroxylamine groups is 1. The first-order valence-corrected chi connectivity index (χ1v) is 11.7. The molecule has 180 valence electrons. The van der Waals surface area contributed by atoms with Crippen LogP contribution in [0.5, 0.6) is 0 Å². The Kier molecular flexibility index (Phi) is 7.11. The molecule has 0 aliphatic carbocycles. The number of aromatic nitrogens is 2. The van der Waals surface area contributed by atoms with Crippen LogP contribution >= 0.6 is 0 Å². The van der Waals surface area contributed by atoms with Gasteiger partial charge in [-0.2, -0.15) is 0 Å². The SMILES string of the molecule is O=C(/C=C/c1ccc(N(c2ccc(-c3ccncc3)cc2)c2ccc(-c3ccncc3)cc2)cc1)NO. The second-order valence-electron chi connectivity index (χ2n) is 8.30. The number of anilines is 3. The van der Waals surface area contributed by atoms with Crippen molar-refractivity contribution in [3.8, 4) is 22.3 Å². The standard InChI is InChI=1S/C31H24N4O2/c36-31(34-37)14-3-23-1-8-28(9-2-23)35(29-10-4-24(5-11-29)26-15-19-32-20-16-26)30-12-6-25(7-13-30)27-17-21-33-22-18-27/h1-22,37H,(H,34,36)/b14-3+. The van der Waals surface area contributed by atoms with Gasteiger partial charge in [-0.25, -0.2) is 5.48 Å². The van der Waals surface area contributed by atoms with Gasteiger partial charge < -0.3 is 4.90 Å². The van der Waals surface area contributed by atoms with Crippen LogP contribution in [0.3, 0.4) is 0 Å². The average Bonchev–Trinajstić information content (AvgIpc) is 2.98. The molecule has 1 amide bonds. The van der Waals surface area contributed by atoms with E-state index in [1.807, 2.05) is 48.5 Å². The van der Waals surface area contributed by atoms with Gasteiger partial charge >= 0.3 is 0 Å². The van der Waals surface area contributed by atoms with Crippen molar-refractivity contribution in [2.24, 2.45) is 0 Å². The van der Waals surface area contributed by atoms with E-state index in [0.717, 1.165) is 44.9 Å². The molecule has 0 spiro atoms. The number of nitrogens with one attached hydrogen (secondary N) is 1. The molecule has 0 radical (unpaired) electrons. The largest absolute Gasteiger partial charge is 0.311 e. The minimum absolute atomic E-state index is 0.575. The predicted octanol–water partition coefficient (Wildman–Crippen LogP) is 6.80. The molecule has 5 rings (SSSR count). The van der Waals surface area contributed by atoms with E-state index in [1.165, 1.54) is 6.08 Å². The van der Waals surface area contributed by atoms with E-state index in [-0.39, 0.29) is 0 Å². The molecule has 2 heterocycles. The van der Waals surface area contributed by atoms with E-state index in [4.69, 9.17) is 5.21 Å². The quantitative estimate of drug-likeness (QED) is 0.151. The van der Waals surface area contributed by atoms with Gasteiger partial charge in [0.25, 0.3) is 5.91 Å². The molecular formula is C31H24N4O2. The zero-order chi connectivity index (χ0) is 25.5. The third-order valence-electron chi connectivity index (χ3n) is 5.97. The molecule has 0 unspecified atom stereocenters. The lowest BCUT2D eigenvalue weighted by Gasteiger charge is -2.26. The predicted molar refractivity (Wildman–Crippen MR) is 147 cm³/mol. The Bertz CT molecular complexity index is 1400. The van der Waals surface area contributed by atoms with Gasteiger partial charge in [0.2, 0.25) is 0 Å². The highest BCUT2D eigenvalue weighted by atomic mass is 16.5. The highest BCUT2D eigenvalue weighted by molar-refractivity contribution is 5.91. The summed E-state index contributed by atoms with van der Waals surface area (Å²) >= 11 is 0. The molecule has 0 fully saturated rings. The smallest absolute Gasteiger partial charge is 0.267 e. The second-order valence-corrected chi connectivity index (χ2v) is 8.30. The number of pyridine rings is 2. The maximum absolute atomic E-state index is 11.3. The van der Waals surface area contributed by atoms with E-state index in [0.29, 0.717) is 0 Å². The normalized spacial score (nSPS) is 10.8. The van der Waals surface area contributed by atoms with E-state index in [9.17, 15) is 4.79 Å². The highest BCUT2D eigenvalue weighted by Gasteiger charge is 2.13. The van der Waals surface area contributed by atoms with Crippen LogP contribution in [-0.4, -0.2) is 21.1 Å². The summed E-state index contributed by atoms with van der Waals surface area (Å²) in [5.74, 6) is -0.575. The molecule has 2 N–H and O–H groups in total. The minimum Gasteiger partial charge on any atom is -0.311 e. The number of rotatable bonds is 7. The Morgan fingerprint density at radius 1 is 0.595 bits per heavy atom. The first-order chi connectivity index (χ1) is 18.2. The van der Waals surface area contributed by atoms with Crippen molar-refractivity contribution in [2.75, 3.05) is 4.90 Å². The highest BCUT2D eigenvalue weighted by Crippen LogP contribution is 2.36. The first kappa shape index (κ1) is 23.7.